The van der Waals surface area contributed by atoms with Gasteiger partial charge in [0.2, 0.25) is 5.82 Å². The molecule has 2 aliphatic rings. The van der Waals surface area contributed by atoms with Gasteiger partial charge in [-0.2, -0.15) is 0 Å². The molecule has 0 spiro atoms. The van der Waals surface area contributed by atoms with Gasteiger partial charge in [-0.15, -0.1) is 35.0 Å². The fourth-order valence-corrected chi connectivity index (χ4v) is 5.30. The summed E-state index contributed by atoms with van der Waals surface area (Å²) in [5.41, 5.74) is 7.57. The molecule has 1 fully saturated rings. The van der Waals surface area contributed by atoms with Crippen LogP contribution in [0.15, 0.2) is 42.7 Å². The number of hydrogen-bond acceptors (Lipinski definition) is 5. The van der Waals surface area contributed by atoms with Crippen molar-refractivity contribution >= 4 is 42.3 Å². The van der Waals surface area contributed by atoms with E-state index in [9.17, 15) is 9.18 Å². The number of aromatic nitrogens is 4. The van der Waals surface area contributed by atoms with Crippen LogP contribution in [-0.2, 0) is 12.0 Å². The Morgan fingerprint density at radius 1 is 1.12 bits per heavy atom. The first-order chi connectivity index (χ1) is 15.5. The normalized spacial score (nSPS) is 21.9. The van der Waals surface area contributed by atoms with Crippen LogP contribution in [0.3, 0.4) is 0 Å². The molecule has 0 unspecified atom stereocenters. The van der Waals surface area contributed by atoms with Crippen LogP contribution in [-0.4, -0.2) is 49.7 Å². The summed E-state index contributed by atoms with van der Waals surface area (Å²) >= 11 is 6.22. The summed E-state index contributed by atoms with van der Waals surface area (Å²) in [6.07, 6.45) is 6.13. The van der Waals surface area contributed by atoms with E-state index < -0.39 is 5.82 Å². The van der Waals surface area contributed by atoms with Gasteiger partial charge in [0.15, 0.2) is 11.6 Å². The number of pyridine rings is 1. The van der Waals surface area contributed by atoms with Crippen LogP contribution in [0.25, 0.3) is 11.4 Å². The molecular formula is C23H26Cl3FN6O. The SMILES string of the molecule is Cl.Cl.NC[C@]1(c2cccc(Cl)c2)CC[C@@H](N2CCn3c(nnc3-c3ccncc3F)C2=O)CC1. The molecule has 3 aromatic rings. The number of amides is 1. The number of fused-ring (bicyclic) bond motifs is 1. The summed E-state index contributed by atoms with van der Waals surface area (Å²) in [7, 11) is 0. The summed E-state index contributed by atoms with van der Waals surface area (Å²) in [5.74, 6) is -0.0194. The number of halogens is 4. The maximum Gasteiger partial charge on any atom is 0.292 e. The van der Waals surface area contributed by atoms with E-state index in [1.807, 2.05) is 23.1 Å². The molecule has 0 atom stereocenters. The molecule has 11 heteroatoms. The van der Waals surface area contributed by atoms with Crippen molar-refractivity contribution in [3.05, 3.63) is 65.0 Å². The molecule has 2 aromatic heterocycles. The molecular weight excluding hydrogens is 502 g/mol. The third-order valence-corrected chi connectivity index (χ3v) is 7.20. The highest BCUT2D eigenvalue weighted by Gasteiger charge is 2.41. The van der Waals surface area contributed by atoms with Gasteiger partial charge in [0.05, 0.1) is 11.8 Å². The largest absolute Gasteiger partial charge is 0.331 e. The molecule has 182 valence electrons. The second-order valence-electron chi connectivity index (χ2n) is 8.58. The Balaban J connectivity index is 0.00000162. The van der Waals surface area contributed by atoms with Crippen molar-refractivity contribution in [3.8, 4) is 11.4 Å². The molecule has 1 aromatic carbocycles. The number of rotatable bonds is 4. The minimum Gasteiger partial charge on any atom is -0.331 e. The Bertz CT molecular complexity index is 1170. The standard InChI is InChI=1S/C23H24ClFN6O.2ClH/c24-16-3-1-2-15(12-16)23(14-26)7-4-17(5-8-23)30-10-11-31-20(28-29-21(31)22(30)32)18-6-9-27-13-19(18)25;;/h1-3,6,9,12-13,17H,4-5,7-8,10-11,14,26H2;2*1H/t17-,23+;;. The molecule has 1 aliphatic heterocycles. The summed E-state index contributed by atoms with van der Waals surface area (Å²) < 4.78 is 15.9. The Kier molecular flexibility index (Phi) is 8.18. The lowest BCUT2D eigenvalue weighted by molar-refractivity contribution is 0.0523. The van der Waals surface area contributed by atoms with E-state index in [0.29, 0.717) is 36.0 Å². The molecule has 1 aliphatic carbocycles. The predicted molar refractivity (Wildman–Crippen MR) is 133 cm³/mol. The smallest absolute Gasteiger partial charge is 0.292 e. The topological polar surface area (TPSA) is 89.9 Å². The van der Waals surface area contributed by atoms with Crippen LogP contribution < -0.4 is 5.73 Å². The molecule has 0 radical (unpaired) electrons. The quantitative estimate of drug-likeness (QED) is 0.547. The van der Waals surface area contributed by atoms with E-state index in [0.717, 1.165) is 31.9 Å². The number of benzene rings is 1. The van der Waals surface area contributed by atoms with E-state index in [1.54, 1.807) is 10.6 Å². The molecule has 0 bridgehead atoms. The van der Waals surface area contributed by atoms with Gasteiger partial charge in [0.1, 0.15) is 0 Å². The third kappa shape index (κ3) is 4.52. The maximum atomic E-state index is 14.2. The van der Waals surface area contributed by atoms with Gasteiger partial charge in [0.25, 0.3) is 5.91 Å². The van der Waals surface area contributed by atoms with Crippen molar-refractivity contribution in [3.63, 3.8) is 0 Å². The maximum absolute atomic E-state index is 14.2. The molecule has 34 heavy (non-hydrogen) atoms. The average molecular weight is 528 g/mol. The summed E-state index contributed by atoms with van der Waals surface area (Å²) in [5, 5.41) is 8.93. The van der Waals surface area contributed by atoms with Crippen molar-refractivity contribution < 1.29 is 9.18 Å². The zero-order valence-electron chi connectivity index (χ0n) is 18.4. The van der Waals surface area contributed by atoms with Crippen LogP contribution in [0.5, 0.6) is 0 Å². The monoisotopic (exact) mass is 526 g/mol. The van der Waals surface area contributed by atoms with Gasteiger partial charge >= 0.3 is 0 Å². The molecule has 1 saturated carbocycles. The number of carbonyl (C=O) groups is 1. The molecule has 3 heterocycles. The van der Waals surface area contributed by atoms with Gasteiger partial charge in [-0.05, 0) is 49.4 Å². The number of nitrogens with two attached hydrogens (primary N) is 1. The lowest BCUT2D eigenvalue weighted by atomic mass is 9.68. The van der Waals surface area contributed by atoms with E-state index in [2.05, 4.69) is 21.2 Å². The second-order valence-corrected chi connectivity index (χ2v) is 9.02. The van der Waals surface area contributed by atoms with Crippen LogP contribution in [0.4, 0.5) is 4.39 Å². The summed E-state index contributed by atoms with van der Waals surface area (Å²) in [6, 6.07) is 9.59. The Hall–Kier alpha value is -2.26. The Labute approximate surface area is 214 Å². The van der Waals surface area contributed by atoms with Gasteiger partial charge in [-0.1, -0.05) is 23.7 Å². The number of hydrogen-bond donors (Lipinski definition) is 1. The van der Waals surface area contributed by atoms with Gasteiger partial charge in [-0.25, -0.2) is 4.39 Å². The van der Waals surface area contributed by atoms with E-state index >= 15 is 0 Å². The zero-order valence-corrected chi connectivity index (χ0v) is 20.8. The van der Waals surface area contributed by atoms with Crippen molar-refractivity contribution in [2.75, 3.05) is 13.1 Å². The van der Waals surface area contributed by atoms with E-state index in [1.165, 1.54) is 11.8 Å². The molecule has 0 saturated heterocycles. The first kappa shape index (κ1) is 26.3. The van der Waals surface area contributed by atoms with Gasteiger partial charge < -0.3 is 15.2 Å². The third-order valence-electron chi connectivity index (χ3n) is 6.96. The van der Waals surface area contributed by atoms with Gasteiger partial charge in [0, 0.05) is 42.3 Å². The van der Waals surface area contributed by atoms with Crippen molar-refractivity contribution in [1.29, 1.82) is 0 Å². The van der Waals surface area contributed by atoms with E-state index in [-0.39, 0.29) is 48.0 Å². The highest BCUT2D eigenvalue weighted by atomic mass is 35.5. The Morgan fingerprint density at radius 3 is 2.53 bits per heavy atom. The highest BCUT2D eigenvalue weighted by Crippen LogP contribution is 2.41. The molecule has 5 rings (SSSR count). The van der Waals surface area contributed by atoms with Crippen LogP contribution >= 0.6 is 36.4 Å². The van der Waals surface area contributed by atoms with Crippen LogP contribution in [0.2, 0.25) is 5.02 Å². The van der Waals surface area contributed by atoms with Crippen LogP contribution in [0.1, 0.15) is 41.9 Å². The van der Waals surface area contributed by atoms with Gasteiger partial charge in [-0.3, -0.25) is 9.78 Å². The fraction of sp³-hybridized carbons (Fsp3) is 0.391. The first-order valence-electron chi connectivity index (χ1n) is 10.8. The highest BCUT2D eigenvalue weighted by molar-refractivity contribution is 6.30. The van der Waals surface area contributed by atoms with Crippen molar-refractivity contribution in [2.24, 2.45) is 5.73 Å². The first-order valence-corrected chi connectivity index (χ1v) is 11.2. The number of carbonyl (C=O) groups excluding carboxylic acids is 1. The zero-order chi connectivity index (χ0) is 22.3. The molecule has 1 amide bonds. The minimum absolute atomic E-state index is 0. The van der Waals surface area contributed by atoms with Crippen LogP contribution in [0, 0.1) is 5.82 Å². The lowest BCUT2D eigenvalue weighted by Gasteiger charge is -2.44. The molecule has 7 nitrogen and oxygen atoms in total. The van der Waals surface area contributed by atoms with E-state index in [4.69, 9.17) is 17.3 Å². The van der Waals surface area contributed by atoms with Crippen molar-refractivity contribution in [1.82, 2.24) is 24.6 Å². The Morgan fingerprint density at radius 2 is 1.85 bits per heavy atom. The molecule has 2 N–H and O–H groups in total. The minimum atomic E-state index is -0.482. The fourth-order valence-electron chi connectivity index (χ4n) is 5.11. The second kappa shape index (κ2) is 10.6. The lowest BCUT2D eigenvalue weighted by Crippen LogP contribution is -2.50. The predicted octanol–water partition coefficient (Wildman–Crippen LogP) is 4.27. The number of nitrogens with zero attached hydrogens (tertiary/aromatic N) is 5. The summed E-state index contributed by atoms with van der Waals surface area (Å²) in [6.45, 7) is 1.61. The average Bonchev–Trinajstić information content (AvgIpc) is 3.25. The van der Waals surface area contributed by atoms with Crippen molar-refractivity contribution in [2.45, 2.75) is 43.7 Å². The summed E-state index contributed by atoms with van der Waals surface area (Å²) in [4.78, 5) is 18.9.